The molecule has 4 aromatic rings. The van der Waals surface area contributed by atoms with Crippen molar-refractivity contribution >= 4 is 12.2 Å². The van der Waals surface area contributed by atoms with Crippen LogP contribution in [0.4, 0.5) is 31.5 Å². The number of rotatable bonds is 8. The minimum atomic E-state index is -5.04. The third-order valence-electron chi connectivity index (χ3n) is 7.91. The number of benzene rings is 3. The Kier molecular flexibility index (Phi) is 11.6. The van der Waals surface area contributed by atoms with E-state index in [1.165, 1.54) is 44.4 Å². The van der Waals surface area contributed by atoms with Gasteiger partial charge in [0.05, 0.1) is 37.4 Å². The monoisotopic (exact) mass is 745 g/mol. The standard InChI is InChI=1S/C38H40F5N3O7/c1-22-30(24-16-12-19-29(51-8)31(24)40)32(47)45(33(48)44(22)20-25-26(38(41,42)43)17-13-18-27(25)39)21-28(23-14-10-9-11-15-23)46(34(49)52-36(2,3)4)35(50)53-37(5,6)7/h9-19,28H,20-21H2,1-8H3. The predicted molar refractivity (Wildman–Crippen MR) is 186 cm³/mol. The van der Waals surface area contributed by atoms with E-state index in [0.29, 0.717) is 20.1 Å². The van der Waals surface area contributed by atoms with Crippen molar-refractivity contribution in [2.75, 3.05) is 7.11 Å². The van der Waals surface area contributed by atoms with E-state index in [1.54, 1.807) is 59.7 Å². The number of hydrogen-bond donors (Lipinski definition) is 0. The van der Waals surface area contributed by atoms with Gasteiger partial charge in [-0.3, -0.25) is 13.9 Å². The number of aromatic nitrogens is 2. The van der Waals surface area contributed by atoms with E-state index >= 15 is 8.78 Å². The maximum Gasteiger partial charge on any atom is 0.420 e. The number of halogens is 5. The maximum atomic E-state index is 15.9. The quantitative estimate of drug-likeness (QED) is 0.167. The van der Waals surface area contributed by atoms with E-state index in [0.717, 1.165) is 12.1 Å². The molecule has 2 amide bonds. The van der Waals surface area contributed by atoms with Crippen molar-refractivity contribution in [1.82, 2.24) is 14.0 Å². The molecular weight excluding hydrogens is 705 g/mol. The van der Waals surface area contributed by atoms with Crippen LogP contribution in [0.25, 0.3) is 11.1 Å². The highest BCUT2D eigenvalue weighted by molar-refractivity contribution is 5.89. The van der Waals surface area contributed by atoms with Crippen LogP contribution >= 0.6 is 0 Å². The van der Waals surface area contributed by atoms with Gasteiger partial charge in [0.25, 0.3) is 5.56 Å². The Hall–Kier alpha value is -5.47. The number of amides is 2. The molecule has 10 nitrogen and oxygen atoms in total. The summed E-state index contributed by atoms with van der Waals surface area (Å²) in [4.78, 5) is 57.1. The summed E-state index contributed by atoms with van der Waals surface area (Å²) in [6.45, 7) is 8.63. The van der Waals surface area contributed by atoms with Crippen LogP contribution in [-0.2, 0) is 28.7 Å². The minimum absolute atomic E-state index is 0.213. The van der Waals surface area contributed by atoms with Gasteiger partial charge < -0.3 is 14.2 Å². The highest BCUT2D eigenvalue weighted by Gasteiger charge is 2.39. The molecule has 0 aliphatic rings. The molecule has 0 bridgehead atoms. The van der Waals surface area contributed by atoms with Gasteiger partial charge in [-0.15, -0.1) is 0 Å². The molecule has 0 saturated carbocycles. The second-order valence-electron chi connectivity index (χ2n) is 14.1. The molecule has 53 heavy (non-hydrogen) atoms. The first-order chi connectivity index (χ1) is 24.6. The molecule has 1 unspecified atom stereocenters. The average molecular weight is 746 g/mol. The van der Waals surface area contributed by atoms with Crippen molar-refractivity contribution in [1.29, 1.82) is 0 Å². The smallest absolute Gasteiger partial charge is 0.420 e. The molecule has 0 aliphatic heterocycles. The Morgan fingerprint density at radius 3 is 1.89 bits per heavy atom. The number of alkyl halides is 3. The zero-order valence-corrected chi connectivity index (χ0v) is 30.4. The number of imide groups is 1. The Morgan fingerprint density at radius 2 is 1.36 bits per heavy atom. The Labute approximate surface area is 302 Å². The lowest BCUT2D eigenvalue weighted by Gasteiger charge is -2.34. The molecular formula is C38H40F5N3O7. The van der Waals surface area contributed by atoms with Crippen molar-refractivity contribution in [2.24, 2.45) is 0 Å². The SMILES string of the molecule is COc1cccc(-c2c(C)n(Cc3c(F)cccc3C(F)(F)F)c(=O)n(CC(c3ccccc3)N(C(=O)OC(C)(C)C)C(=O)OC(C)(C)C)c2=O)c1F. The zero-order chi connectivity index (χ0) is 39.6. The molecule has 15 heteroatoms. The van der Waals surface area contributed by atoms with Crippen LogP contribution in [0.15, 0.2) is 76.3 Å². The number of carbonyl (C=O) groups is 2. The first-order valence-corrected chi connectivity index (χ1v) is 16.4. The molecule has 284 valence electrons. The average Bonchev–Trinajstić information content (AvgIpc) is 3.04. The third kappa shape index (κ3) is 9.13. The second-order valence-corrected chi connectivity index (χ2v) is 14.1. The Morgan fingerprint density at radius 1 is 0.792 bits per heavy atom. The van der Waals surface area contributed by atoms with Crippen LogP contribution < -0.4 is 16.0 Å². The van der Waals surface area contributed by atoms with E-state index < -0.39 is 88.3 Å². The molecule has 0 saturated heterocycles. The van der Waals surface area contributed by atoms with Crippen molar-refractivity contribution in [3.63, 3.8) is 0 Å². The van der Waals surface area contributed by atoms with Crippen molar-refractivity contribution in [2.45, 2.75) is 85.0 Å². The van der Waals surface area contributed by atoms with Crippen LogP contribution in [0, 0.1) is 18.6 Å². The Bertz CT molecular complexity index is 2090. The van der Waals surface area contributed by atoms with Gasteiger partial charge in [-0.05, 0) is 72.2 Å². The molecule has 1 aromatic heterocycles. The lowest BCUT2D eigenvalue weighted by molar-refractivity contribution is -0.138. The molecule has 3 aromatic carbocycles. The molecule has 0 fully saturated rings. The van der Waals surface area contributed by atoms with Crippen LogP contribution in [-0.4, -0.2) is 44.5 Å². The topological polar surface area (TPSA) is 109 Å². The molecule has 0 N–H and O–H groups in total. The normalized spacial score (nSPS) is 12.6. The lowest BCUT2D eigenvalue weighted by atomic mass is 10.0. The van der Waals surface area contributed by atoms with Gasteiger partial charge in [0.15, 0.2) is 11.6 Å². The molecule has 0 spiro atoms. The van der Waals surface area contributed by atoms with Crippen LogP contribution in [0.5, 0.6) is 5.75 Å². The second kappa shape index (κ2) is 15.2. The number of ether oxygens (including phenoxy) is 3. The van der Waals surface area contributed by atoms with Gasteiger partial charge >= 0.3 is 24.1 Å². The van der Waals surface area contributed by atoms with Gasteiger partial charge in [-0.25, -0.2) is 28.1 Å². The molecule has 1 atom stereocenters. The fraction of sp³-hybridized carbons (Fsp3) is 0.368. The summed E-state index contributed by atoms with van der Waals surface area (Å²) < 4.78 is 90.9. The first-order valence-electron chi connectivity index (χ1n) is 16.4. The molecule has 0 radical (unpaired) electrons. The number of hydrogen-bond acceptors (Lipinski definition) is 7. The van der Waals surface area contributed by atoms with Gasteiger partial charge in [-0.2, -0.15) is 13.2 Å². The number of nitrogens with zero attached hydrogens (tertiary/aromatic N) is 3. The molecule has 4 rings (SSSR count). The number of carbonyl (C=O) groups excluding carboxylic acids is 2. The highest BCUT2D eigenvalue weighted by atomic mass is 19.4. The number of methoxy groups -OCH3 is 1. The van der Waals surface area contributed by atoms with Crippen molar-refractivity contribution in [3.05, 3.63) is 122 Å². The summed E-state index contributed by atoms with van der Waals surface area (Å²) in [6.07, 6.45) is -7.45. The summed E-state index contributed by atoms with van der Waals surface area (Å²) in [5, 5.41) is 0. The van der Waals surface area contributed by atoms with E-state index in [-0.39, 0.29) is 22.6 Å². The van der Waals surface area contributed by atoms with Crippen molar-refractivity contribution < 1.29 is 45.8 Å². The van der Waals surface area contributed by atoms with Crippen LogP contribution in [0.1, 0.15) is 70.0 Å². The first kappa shape index (κ1) is 40.3. The summed E-state index contributed by atoms with van der Waals surface area (Å²) in [5.41, 5.74) is -7.89. The largest absolute Gasteiger partial charge is 0.494 e. The molecule has 0 aliphatic carbocycles. The van der Waals surface area contributed by atoms with Gasteiger partial charge in [0, 0.05) is 16.8 Å². The summed E-state index contributed by atoms with van der Waals surface area (Å²) >= 11 is 0. The van der Waals surface area contributed by atoms with E-state index in [9.17, 15) is 32.3 Å². The zero-order valence-electron chi connectivity index (χ0n) is 30.4. The van der Waals surface area contributed by atoms with Crippen molar-refractivity contribution in [3.8, 4) is 16.9 Å². The van der Waals surface area contributed by atoms with Crippen LogP contribution in [0.3, 0.4) is 0 Å². The van der Waals surface area contributed by atoms with Gasteiger partial charge in [-0.1, -0.05) is 48.5 Å². The molecule has 1 heterocycles. The summed E-state index contributed by atoms with van der Waals surface area (Å²) in [6, 6.07) is 12.4. The summed E-state index contributed by atoms with van der Waals surface area (Å²) in [5.74, 6) is -2.61. The van der Waals surface area contributed by atoms with Gasteiger partial charge in [0.2, 0.25) is 0 Å². The lowest BCUT2D eigenvalue weighted by Crippen LogP contribution is -2.50. The summed E-state index contributed by atoms with van der Waals surface area (Å²) in [7, 11) is 1.18. The highest BCUT2D eigenvalue weighted by Crippen LogP contribution is 2.35. The fourth-order valence-electron chi connectivity index (χ4n) is 5.60. The predicted octanol–water partition coefficient (Wildman–Crippen LogP) is 8.25. The Balaban J connectivity index is 2.10. The maximum absolute atomic E-state index is 15.9. The third-order valence-corrected chi connectivity index (χ3v) is 7.91. The minimum Gasteiger partial charge on any atom is -0.494 e. The van der Waals surface area contributed by atoms with Gasteiger partial charge in [0.1, 0.15) is 17.0 Å². The van der Waals surface area contributed by atoms with Crippen LogP contribution in [0.2, 0.25) is 0 Å². The van der Waals surface area contributed by atoms with E-state index in [1.807, 2.05) is 0 Å². The van der Waals surface area contributed by atoms with E-state index in [2.05, 4.69) is 0 Å². The van der Waals surface area contributed by atoms with E-state index in [4.69, 9.17) is 14.2 Å². The fourth-order valence-corrected chi connectivity index (χ4v) is 5.60.